The summed E-state index contributed by atoms with van der Waals surface area (Å²) in [7, 11) is 1.51. The highest BCUT2D eigenvalue weighted by molar-refractivity contribution is 7.07. The molecule has 4 rings (SSSR count). The Bertz CT molecular complexity index is 1170. The lowest BCUT2D eigenvalue weighted by molar-refractivity contribution is -0.330. The standard InChI is InChI=1S/C19H14F3N5O2S/c1-27(12-3-5-13(6-4-12)29-19(20,21)22)18(28)24-11-2-7-14-15(8-11)26-17(25-14)16-9-30-10-23-16/h2-10H,1H3,(H,24,28)(H,25,26)/p+1. The molecule has 2 aromatic carbocycles. The van der Waals surface area contributed by atoms with Crippen molar-refractivity contribution in [2.45, 2.75) is 6.36 Å². The van der Waals surface area contributed by atoms with Gasteiger partial charge in [-0.2, -0.15) is 0 Å². The second-order valence-electron chi connectivity index (χ2n) is 6.29. The van der Waals surface area contributed by atoms with Crippen molar-refractivity contribution in [1.29, 1.82) is 0 Å². The first kappa shape index (κ1) is 19.7. The molecule has 0 aliphatic heterocycles. The minimum atomic E-state index is -4.77. The zero-order chi connectivity index (χ0) is 21.3. The number of hydrogen-bond acceptors (Lipinski definition) is 4. The summed E-state index contributed by atoms with van der Waals surface area (Å²) in [6.07, 6.45) is -4.77. The van der Waals surface area contributed by atoms with E-state index in [0.717, 1.165) is 34.7 Å². The van der Waals surface area contributed by atoms with Crippen LogP contribution in [0.3, 0.4) is 0 Å². The van der Waals surface area contributed by atoms with Crippen molar-refractivity contribution in [3.8, 4) is 17.3 Å². The van der Waals surface area contributed by atoms with Crippen molar-refractivity contribution in [2.75, 3.05) is 17.3 Å². The summed E-state index contributed by atoms with van der Waals surface area (Å²) in [5.74, 6) is 0.400. The number of H-pyrrole nitrogens is 2. The molecule has 11 heteroatoms. The number of nitrogens with zero attached hydrogens (tertiary/aromatic N) is 2. The Kier molecular flexibility index (Phi) is 5.04. The van der Waals surface area contributed by atoms with Gasteiger partial charge in [0.1, 0.15) is 5.75 Å². The lowest BCUT2D eigenvalue weighted by atomic mass is 10.2. The number of carbonyl (C=O) groups is 1. The van der Waals surface area contributed by atoms with Crippen LogP contribution in [0.15, 0.2) is 53.4 Å². The molecule has 0 unspecified atom stereocenters. The third-order valence-corrected chi connectivity index (χ3v) is 4.83. The Morgan fingerprint density at radius 2 is 2.00 bits per heavy atom. The Labute approximate surface area is 172 Å². The molecule has 0 aliphatic rings. The summed E-state index contributed by atoms with van der Waals surface area (Å²) in [5.41, 5.74) is 5.12. The average molecular weight is 434 g/mol. The number of rotatable bonds is 4. The first-order valence-electron chi connectivity index (χ1n) is 8.63. The number of anilines is 2. The van der Waals surface area contributed by atoms with Gasteiger partial charge >= 0.3 is 18.2 Å². The van der Waals surface area contributed by atoms with Gasteiger partial charge in [-0.1, -0.05) is 0 Å². The summed E-state index contributed by atoms with van der Waals surface area (Å²) in [6, 6.07) is 9.90. The van der Waals surface area contributed by atoms with Crippen molar-refractivity contribution < 1.29 is 27.7 Å². The number of carbonyl (C=O) groups excluding carboxylic acids is 1. The molecule has 0 bridgehead atoms. The number of aromatic amines is 2. The Morgan fingerprint density at radius 3 is 2.67 bits per heavy atom. The quantitative estimate of drug-likeness (QED) is 0.490. The number of amides is 2. The highest BCUT2D eigenvalue weighted by Crippen LogP contribution is 2.25. The highest BCUT2D eigenvalue weighted by atomic mass is 32.1. The summed E-state index contributed by atoms with van der Waals surface area (Å²) in [5, 5.41) is 4.66. The number of hydrogen-bond donors (Lipinski definition) is 2. The molecule has 0 radical (unpaired) electrons. The fourth-order valence-corrected chi connectivity index (χ4v) is 3.34. The van der Waals surface area contributed by atoms with E-state index in [0.29, 0.717) is 11.4 Å². The lowest BCUT2D eigenvalue weighted by Crippen LogP contribution is -2.31. The molecule has 154 valence electrons. The minimum absolute atomic E-state index is 0.357. The van der Waals surface area contributed by atoms with E-state index in [2.05, 4.69) is 25.0 Å². The molecular weight excluding hydrogens is 419 g/mol. The molecule has 30 heavy (non-hydrogen) atoms. The number of urea groups is 1. The number of ether oxygens (including phenoxy) is 1. The van der Waals surface area contributed by atoms with Crippen LogP contribution in [0.4, 0.5) is 29.3 Å². The third kappa shape index (κ3) is 4.35. The first-order chi connectivity index (χ1) is 14.3. The number of benzene rings is 2. The number of fused-ring (bicyclic) bond motifs is 1. The zero-order valence-corrected chi connectivity index (χ0v) is 16.3. The van der Waals surface area contributed by atoms with Crippen molar-refractivity contribution in [2.24, 2.45) is 0 Å². The molecular formula is C19H15F3N5O2S+. The molecule has 4 aromatic rings. The van der Waals surface area contributed by atoms with Crippen LogP contribution in [0.5, 0.6) is 5.75 Å². The van der Waals surface area contributed by atoms with E-state index >= 15 is 0 Å². The van der Waals surface area contributed by atoms with Gasteiger partial charge < -0.3 is 10.1 Å². The van der Waals surface area contributed by atoms with Crippen molar-refractivity contribution in [3.63, 3.8) is 0 Å². The SMILES string of the molecule is CN(C(=O)Nc1ccc2[nH+]c(-c3cscn3)[nH]c2c1)c1ccc(OC(F)(F)F)cc1. The Morgan fingerprint density at radius 1 is 1.23 bits per heavy atom. The van der Waals surface area contributed by atoms with E-state index in [4.69, 9.17) is 0 Å². The van der Waals surface area contributed by atoms with E-state index in [-0.39, 0.29) is 5.75 Å². The molecule has 0 saturated heterocycles. The van der Waals surface area contributed by atoms with Crippen LogP contribution in [-0.4, -0.2) is 29.4 Å². The molecule has 0 aliphatic carbocycles. The van der Waals surface area contributed by atoms with E-state index in [1.54, 1.807) is 17.6 Å². The normalized spacial score (nSPS) is 11.5. The molecule has 2 aromatic heterocycles. The van der Waals surface area contributed by atoms with E-state index in [1.165, 1.54) is 35.4 Å². The van der Waals surface area contributed by atoms with E-state index < -0.39 is 12.4 Å². The van der Waals surface area contributed by atoms with Gasteiger partial charge in [0.25, 0.3) is 0 Å². The highest BCUT2D eigenvalue weighted by Gasteiger charge is 2.31. The van der Waals surface area contributed by atoms with Crippen molar-refractivity contribution in [1.82, 2.24) is 9.97 Å². The lowest BCUT2D eigenvalue weighted by Gasteiger charge is -2.18. The zero-order valence-electron chi connectivity index (χ0n) is 15.4. The number of aromatic nitrogens is 3. The number of imidazole rings is 1. The van der Waals surface area contributed by atoms with Gasteiger partial charge in [-0.05, 0) is 36.4 Å². The average Bonchev–Trinajstić information content (AvgIpc) is 3.36. The van der Waals surface area contributed by atoms with Crippen LogP contribution in [0.1, 0.15) is 0 Å². The van der Waals surface area contributed by atoms with Gasteiger partial charge in [-0.15, -0.1) is 24.5 Å². The molecule has 2 heterocycles. The summed E-state index contributed by atoms with van der Waals surface area (Å²) >= 11 is 1.48. The maximum Gasteiger partial charge on any atom is 0.573 e. The van der Waals surface area contributed by atoms with Crippen LogP contribution in [0.25, 0.3) is 22.6 Å². The predicted molar refractivity (Wildman–Crippen MR) is 107 cm³/mol. The molecule has 0 atom stereocenters. The third-order valence-electron chi connectivity index (χ3n) is 4.24. The summed E-state index contributed by atoms with van der Waals surface area (Å²) in [6.45, 7) is 0. The fraction of sp³-hybridized carbons (Fsp3) is 0.105. The predicted octanol–water partition coefficient (Wildman–Crippen LogP) is 4.67. The molecule has 3 N–H and O–H groups in total. The van der Waals surface area contributed by atoms with Gasteiger partial charge in [-0.25, -0.2) is 19.7 Å². The maximum absolute atomic E-state index is 12.5. The van der Waals surface area contributed by atoms with Crippen LogP contribution in [-0.2, 0) is 0 Å². The van der Waals surface area contributed by atoms with Crippen LogP contribution in [0.2, 0.25) is 0 Å². The molecule has 0 spiro atoms. The number of thiazole rings is 1. The number of alkyl halides is 3. The number of halogens is 3. The van der Waals surface area contributed by atoms with Crippen LogP contribution in [0, 0.1) is 0 Å². The molecule has 2 amide bonds. The summed E-state index contributed by atoms with van der Waals surface area (Å²) in [4.78, 5) is 24.5. The van der Waals surface area contributed by atoms with Gasteiger partial charge in [0.2, 0.25) is 0 Å². The van der Waals surface area contributed by atoms with Gasteiger partial charge in [-0.3, -0.25) is 4.90 Å². The number of nitrogens with one attached hydrogen (secondary N) is 3. The maximum atomic E-state index is 12.5. The van der Waals surface area contributed by atoms with Crippen molar-refractivity contribution in [3.05, 3.63) is 53.4 Å². The molecule has 0 saturated carbocycles. The van der Waals surface area contributed by atoms with Gasteiger partial charge in [0, 0.05) is 29.9 Å². The smallest absolute Gasteiger partial charge is 0.406 e. The van der Waals surface area contributed by atoms with Crippen LogP contribution >= 0.6 is 11.3 Å². The fourth-order valence-electron chi connectivity index (χ4n) is 2.80. The second-order valence-corrected chi connectivity index (χ2v) is 7.01. The Hall–Kier alpha value is -3.60. The van der Waals surface area contributed by atoms with E-state index in [9.17, 15) is 18.0 Å². The van der Waals surface area contributed by atoms with Gasteiger partial charge in [0.15, 0.2) is 16.7 Å². The minimum Gasteiger partial charge on any atom is -0.406 e. The van der Waals surface area contributed by atoms with Crippen molar-refractivity contribution >= 4 is 39.8 Å². The molecule has 7 nitrogen and oxygen atoms in total. The molecule has 0 fully saturated rings. The summed E-state index contributed by atoms with van der Waals surface area (Å²) < 4.78 is 40.6. The topological polar surface area (TPSA) is 84.4 Å². The largest absolute Gasteiger partial charge is 0.573 e. The van der Waals surface area contributed by atoms with E-state index in [1.807, 2.05) is 11.4 Å². The second kappa shape index (κ2) is 7.67. The van der Waals surface area contributed by atoms with Gasteiger partial charge in [0.05, 0.1) is 5.51 Å². The first-order valence-corrected chi connectivity index (χ1v) is 9.57. The van der Waals surface area contributed by atoms with Crippen LogP contribution < -0.4 is 19.9 Å². The Balaban J connectivity index is 1.47. The monoisotopic (exact) mass is 434 g/mol.